The van der Waals surface area contributed by atoms with Crippen molar-refractivity contribution in [2.24, 2.45) is 0 Å². The summed E-state index contributed by atoms with van der Waals surface area (Å²) in [5.41, 5.74) is 3.21. The maximum atomic E-state index is 12.3. The lowest BCUT2D eigenvalue weighted by atomic mass is 10.0. The smallest absolute Gasteiger partial charge is 0.338 e. The molecule has 0 bridgehead atoms. The van der Waals surface area contributed by atoms with Crippen LogP contribution in [-0.2, 0) is 9.53 Å². The standard InChI is InChI=1S/C29H33NO6/c1-21-8-12-23(13-9-21)26(29(32)34-3)18-22-10-14-25(15-11-22)36-20-24(31)19-30-16-17-35-28-7-5-4-6-27(28)33-2/h4-15,18,24,30-31H,16-17,19-20H2,1-3H3/b26-18+. The molecule has 0 spiro atoms. The van der Waals surface area contributed by atoms with Crippen molar-refractivity contribution in [2.75, 3.05) is 40.5 Å². The second-order valence-corrected chi connectivity index (χ2v) is 8.15. The minimum absolute atomic E-state index is 0.145. The second kappa shape index (κ2) is 13.9. The minimum Gasteiger partial charge on any atom is -0.493 e. The number of carbonyl (C=O) groups is 1. The van der Waals surface area contributed by atoms with Gasteiger partial charge >= 0.3 is 5.97 Å². The molecule has 0 fully saturated rings. The van der Waals surface area contributed by atoms with Crippen molar-refractivity contribution in [2.45, 2.75) is 13.0 Å². The van der Waals surface area contributed by atoms with Crippen LogP contribution < -0.4 is 19.5 Å². The molecule has 3 aromatic rings. The fourth-order valence-electron chi connectivity index (χ4n) is 3.42. The summed E-state index contributed by atoms with van der Waals surface area (Å²) in [4.78, 5) is 12.3. The molecule has 36 heavy (non-hydrogen) atoms. The molecule has 0 heterocycles. The zero-order valence-electron chi connectivity index (χ0n) is 20.9. The Morgan fingerprint density at radius 1 is 0.944 bits per heavy atom. The maximum Gasteiger partial charge on any atom is 0.338 e. The molecule has 1 unspecified atom stereocenters. The van der Waals surface area contributed by atoms with Crippen LogP contribution in [0.25, 0.3) is 11.6 Å². The third-order valence-corrected chi connectivity index (χ3v) is 5.39. The number of aliphatic hydroxyl groups excluding tert-OH is 1. The van der Waals surface area contributed by atoms with E-state index >= 15 is 0 Å². The number of rotatable bonds is 13. The van der Waals surface area contributed by atoms with Gasteiger partial charge in [-0.3, -0.25) is 0 Å². The van der Waals surface area contributed by atoms with Crippen LogP contribution in [0.15, 0.2) is 72.8 Å². The van der Waals surface area contributed by atoms with Gasteiger partial charge in [0.05, 0.1) is 19.8 Å². The molecule has 0 aromatic heterocycles. The van der Waals surface area contributed by atoms with Crippen molar-refractivity contribution in [1.82, 2.24) is 5.32 Å². The van der Waals surface area contributed by atoms with E-state index in [9.17, 15) is 9.90 Å². The molecule has 3 aromatic carbocycles. The summed E-state index contributed by atoms with van der Waals surface area (Å²) in [7, 11) is 2.97. The Balaban J connectivity index is 1.45. The zero-order chi connectivity index (χ0) is 25.8. The lowest BCUT2D eigenvalue weighted by Gasteiger charge is -2.14. The molecule has 2 N–H and O–H groups in total. The molecule has 0 saturated heterocycles. The van der Waals surface area contributed by atoms with E-state index in [1.54, 1.807) is 25.3 Å². The van der Waals surface area contributed by atoms with Gasteiger partial charge < -0.3 is 29.4 Å². The SMILES string of the molecule is COC(=O)/C(=C/c1ccc(OCC(O)CNCCOc2ccccc2OC)cc1)c1ccc(C)cc1. The Labute approximate surface area is 212 Å². The molecule has 7 heteroatoms. The molecular formula is C29H33NO6. The number of benzene rings is 3. The number of ether oxygens (including phenoxy) is 4. The lowest BCUT2D eigenvalue weighted by molar-refractivity contribution is -0.133. The molecule has 0 radical (unpaired) electrons. The van der Waals surface area contributed by atoms with Crippen molar-refractivity contribution in [3.63, 3.8) is 0 Å². The van der Waals surface area contributed by atoms with Crippen molar-refractivity contribution < 1.29 is 28.8 Å². The largest absolute Gasteiger partial charge is 0.493 e. The quantitative estimate of drug-likeness (QED) is 0.161. The summed E-state index contributed by atoms with van der Waals surface area (Å²) in [5.74, 6) is 1.59. The first-order chi connectivity index (χ1) is 17.5. The van der Waals surface area contributed by atoms with Gasteiger partial charge in [-0.15, -0.1) is 0 Å². The Morgan fingerprint density at radius 2 is 1.64 bits per heavy atom. The fraction of sp³-hybridized carbons (Fsp3) is 0.276. The van der Waals surface area contributed by atoms with E-state index in [0.717, 1.165) is 16.7 Å². The van der Waals surface area contributed by atoms with Gasteiger partial charge in [-0.2, -0.15) is 0 Å². The molecule has 0 aliphatic rings. The number of hydrogen-bond acceptors (Lipinski definition) is 7. The number of nitrogens with one attached hydrogen (secondary N) is 1. The first-order valence-corrected chi connectivity index (χ1v) is 11.7. The Morgan fingerprint density at radius 3 is 2.31 bits per heavy atom. The molecular weight excluding hydrogens is 458 g/mol. The van der Waals surface area contributed by atoms with Crippen molar-refractivity contribution in [3.05, 3.63) is 89.5 Å². The monoisotopic (exact) mass is 491 g/mol. The van der Waals surface area contributed by atoms with Crippen molar-refractivity contribution in [1.29, 1.82) is 0 Å². The summed E-state index contributed by atoms with van der Waals surface area (Å²) in [6, 6.07) is 22.5. The van der Waals surface area contributed by atoms with E-state index in [1.807, 2.05) is 67.6 Å². The zero-order valence-corrected chi connectivity index (χ0v) is 20.9. The number of para-hydroxylation sites is 2. The second-order valence-electron chi connectivity index (χ2n) is 8.15. The third kappa shape index (κ3) is 8.15. The highest BCUT2D eigenvalue weighted by molar-refractivity contribution is 6.21. The maximum absolute atomic E-state index is 12.3. The summed E-state index contributed by atoms with van der Waals surface area (Å²) >= 11 is 0. The minimum atomic E-state index is -0.678. The van der Waals surface area contributed by atoms with Crippen LogP contribution in [0, 0.1) is 6.92 Å². The van der Waals surface area contributed by atoms with E-state index in [0.29, 0.717) is 42.5 Å². The van der Waals surface area contributed by atoms with E-state index in [2.05, 4.69) is 5.32 Å². The number of carbonyl (C=O) groups excluding carboxylic acids is 1. The Bertz CT molecular complexity index is 1130. The highest BCUT2D eigenvalue weighted by atomic mass is 16.5. The van der Waals surface area contributed by atoms with Crippen LogP contribution in [0.3, 0.4) is 0 Å². The summed E-state index contributed by atoms with van der Waals surface area (Å²) in [6.07, 6.45) is 1.11. The van der Waals surface area contributed by atoms with Crippen LogP contribution in [0.4, 0.5) is 0 Å². The van der Waals surface area contributed by atoms with Gasteiger partial charge in [0, 0.05) is 13.1 Å². The first-order valence-electron chi connectivity index (χ1n) is 11.7. The normalized spacial score (nSPS) is 12.1. The predicted octanol–water partition coefficient (Wildman–Crippen LogP) is 4.13. The number of esters is 1. The first kappa shape index (κ1) is 26.8. The number of methoxy groups -OCH3 is 2. The van der Waals surface area contributed by atoms with Gasteiger partial charge in [-0.25, -0.2) is 4.79 Å². The Kier molecular flexibility index (Phi) is 10.4. The predicted molar refractivity (Wildman–Crippen MR) is 140 cm³/mol. The van der Waals surface area contributed by atoms with Gasteiger partial charge in [0.15, 0.2) is 11.5 Å². The van der Waals surface area contributed by atoms with Crippen LogP contribution in [0.2, 0.25) is 0 Å². The summed E-state index contributed by atoms with van der Waals surface area (Å²) in [5, 5.41) is 13.4. The summed E-state index contributed by atoms with van der Waals surface area (Å²) < 4.78 is 21.6. The molecule has 0 saturated carbocycles. The average molecular weight is 492 g/mol. The van der Waals surface area contributed by atoms with Gasteiger partial charge in [-0.1, -0.05) is 54.1 Å². The van der Waals surface area contributed by atoms with Crippen molar-refractivity contribution >= 4 is 17.6 Å². The molecule has 1 atom stereocenters. The van der Waals surface area contributed by atoms with Crippen molar-refractivity contribution in [3.8, 4) is 17.2 Å². The molecule has 0 amide bonds. The summed E-state index contributed by atoms with van der Waals surface area (Å²) in [6.45, 7) is 3.52. The fourth-order valence-corrected chi connectivity index (χ4v) is 3.42. The number of hydrogen-bond donors (Lipinski definition) is 2. The van der Waals surface area contributed by atoms with Crippen LogP contribution >= 0.6 is 0 Å². The number of aliphatic hydroxyl groups is 1. The third-order valence-electron chi connectivity index (χ3n) is 5.39. The van der Waals surface area contributed by atoms with Crippen LogP contribution in [0.1, 0.15) is 16.7 Å². The van der Waals surface area contributed by atoms with E-state index in [4.69, 9.17) is 18.9 Å². The Hall–Kier alpha value is -3.81. The van der Waals surface area contributed by atoms with E-state index in [1.165, 1.54) is 7.11 Å². The van der Waals surface area contributed by atoms with Gasteiger partial charge in [0.1, 0.15) is 25.1 Å². The highest BCUT2D eigenvalue weighted by Gasteiger charge is 2.13. The van der Waals surface area contributed by atoms with Crippen LogP contribution in [-0.4, -0.2) is 57.7 Å². The molecule has 0 aliphatic carbocycles. The molecule has 190 valence electrons. The highest BCUT2D eigenvalue weighted by Crippen LogP contribution is 2.25. The molecule has 3 rings (SSSR count). The van der Waals surface area contributed by atoms with E-state index < -0.39 is 12.1 Å². The molecule has 7 nitrogen and oxygen atoms in total. The van der Waals surface area contributed by atoms with Gasteiger partial charge in [0.25, 0.3) is 0 Å². The lowest BCUT2D eigenvalue weighted by Crippen LogP contribution is -2.33. The number of aryl methyl sites for hydroxylation is 1. The molecule has 0 aliphatic heterocycles. The van der Waals surface area contributed by atoms with Crippen LogP contribution in [0.5, 0.6) is 17.2 Å². The van der Waals surface area contributed by atoms with Gasteiger partial charge in [-0.05, 0) is 48.4 Å². The van der Waals surface area contributed by atoms with Gasteiger partial charge in [0.2, 0.25) is 0 Å². The topological polar surface area (TPSA) is 86.3 Å². The average Bonchev–Trinajstić information content (AvgIpc) is 2.91. The van der Waals surface area contributed by atoms with E-state index in [-0.39, 0.29) is 6.61 Å².